The van der Waals surface area contributed by atoms with Crippen LogP contribution in [0.2, 0.25) is 0 Å². The molecule has 0 bridgehead atoms. The molecule has 0 saturated heterocycles. The SMILES string of the molecule is COc1ccc(C(=O)N2CCc3ccccc3C2C(C)C)cc1S(C)(=O)=O. The molecular weight excluding hydrogens is 362 g/mol. The van der Waals surface area contributed by atoms with Gasteiger partial charge >= 0.3 is 0 Å². The number of carbonyl (C=O) groups excluding carboxylic acids is 1. The number of nitrogens with zero attached hydrogens (tertiary/aromatic N) is 1. The Kier molecular flexibility index (Phi) is 5.29. The topological polar surface area (TPSA) is 63.7 Å². The van der Waals surface area contributed by atoms with Gasteiger partial charge in [0, 0.05) is 18.4 Å². The molecule has 1 aliphatic rings. The highest BCUT2D eigenvalue weighted by atomic mass is 32.2. The molecule has 144 valence electrons. The van der Waals surface area contributed by atoms with Gasteiger partial charge in [-0.3, -0.25) is 4.79 Å². The number of hydrogen-bond donors (Lipinski definition) is 0. The van der Waals surface area contributed by atoms with Gasteiger partial charge in [0.1, 0.15) is 10.6 Å². The van der Waals surface area contributed by atoms with Crippen molar-refractivity contribution in [1.29, 1.82) is 0 Å². The van der Waals surface area contributed by atoms with Gasteiger partial charge in [0.05, 0.1) is 13.2 Å². The lowest BCUT2D eigenvalue weighted by atomic mass is 9.86. The van der Waals surface area contributed by atoms with Crippen LogP contribution < -0.4 is 4.74 Å². The van der Waals surface area contributed by atoms with Crippen molar-refractivity contribution in [3.8, 4) is 5.75 Å². The smallest absolute Gasteiger partial charge is 0.254 e. The minimum Gasteiger partial charge on any atom is -0.495 e. The summed E-state index contributed by atoms with van der Waals surface area (Å²) in [5.41, 5.74) is 2.80. The number of hydrogen-bond acceptors (Lipinski definition) is 4. The van der Waals surface area contributed by atoms with Crippen LogP contribution in [0.15, 0.2) is 47.4 Å². The molecule has 6 heteroatoms. The lowest BCUT2D eigenvalue weighted by Gasteiger charge is -2.40. The second kappa shape index (κ2) is 7.35. The fraction of sp³-hybridized carbons (Fsp3) is 0.381. The molecule has 2 aromatic rings. The maximum atomic E-state index is 13.3. The highest BCUT2D eigenvalue weighted by molar-refractivity contribution is 7.90. The molecule has 2 aromatic carbocycles. The van der Waals surface area contributed by atoms with Crippen LogP contribution in [0.5, 0.6) is 5.75 Å². The molecule has 1 heterocycles. The van der Waals surface area contributed by atoms with Crippen molar-refractivity contribution < 1.29 is 17.9 Å². The van der Waals surface area contributed by atoms with Gasteiger partial charge in [-0.25, -0.2) is 8.42 Å². The number of sulfone groups is 1. The third-order valence-corrected chi connectivity index (χ3v) is 6.15. The molecule has 1 amide bonds. The Labute approximate surface area is 160 Å². The summed E-state index contributed by atoms with van der Waals surface area (Å²) in [6.07, 6.45) is 1.91. The Hall–Kier alpha value is -2.34. The second-order valence-corrected chi connectivity index (χ2v) is 9.26. The maximum absolute atomic E-state index is 13.3. The molecule has 27 heavy (non-hydrogen) atoms. The molecule has 0 saturated carbocycles. The van der Waals surface area contributed by atoms with Crippen LogP contribution >= 0.6 is 0 Å². The van der Waals surface area contributed by atoms with E-state index in [0.29, 0.717) is 12.1 Å². The van der Waals surface area contributed by atoms with Gasteiger partial charge in [-0.1, -0.05) is 38.1 Å². The number of methoxy groups -OCH3 is 1. The van der Waals surface area contributed by atoms with Crippen molar-refractivity contribution in [3.05, 3.63) is 59.2 Å². The monoisotopic (exact) mass is 387 g/mol. The predicted octanol–water partition coefficient (Wildman–Crippen LogP) is 3.49. The van der Waals surface area contributed by atoms with Crippen LogP contribution in [0.25, 0.3) is 0 Å². The lowest BCUT2D eigenvalue weighted by Crippen LogP contribution is -2.42. The third kappa shape index (κ3) is 3.72. The van der Waals surface area contributed by atoms with Gasteiger partial charge in [0.25, 0.3) is 5.91 Å². The van der Waals surface area contributed by atoms with Crippen molar-refractivity contribution in [2.45, 2.75) is 31.2 Å². The van der Waals surface area contributed by atoms with E-state index in [4.69, 9.17) is 4.74 Å². The highest BCUT2D eigenvalue weighted by Gasteiger charge is 2.33. The zero-order chi connectivity index (χ0) is 19.8. The van der Waals surface area contributed by atoms with Gasteiger partial charge < -0.3 is 9.64 Å². The van der Waals surface area contributed by atoms with Crippen molar-refractivity contribution >= 4 is 15.7 Å². The standard InChI is InChI=1S/C21H25NO4S/c1-14(2)20-17-8-6-5-7-15(17)11-12-22(20)21(23)16-9-10-18(26-3)19(13-16)27(4,24)25/h5-10,13-14,20H,11-12H2,1-4H3. The molecule has 1 unspecified atom stereocenters. The number of ether oxygens (including phenoxy) is 1. The zero-order valence-corrected chi connectivity index (χ0v) is 16.9. The number of benzene rings is 2. The average Bonchev–Trinajstić information content (AvgIpc) is 2.65. The minimum atomic E-state index is -3.51. The summed E-state index contributed by atoms with van der Waals surface area (Å²) in [4.78, 5) is 15.2. The number of carbonyl (C=O) groups is 1. The summed E-state index contributed by atoms with van der Waals surface area (Å²) in [5, 5.41) is 0. The molecule has 0 radical (unpaired) electrons. The average molecular weight is 388 g/mol. The quantitative estimate of drug-likeness (QED) is 0.806. The van der Waals surface area contributed by atoms with Crippen LogP contribution in [-0.4, -0.2) is 39.1 Å². The van der Waals surface area contributed by atoms with Crippen molar-refractivity contribution in [2.75, 3.05) is 19.9 Å². The molecule has 1 atom stereocenters. The first kappa shape index (κ1) is 19.4. The molecule has 1 aliphatic heterocycles. The van der Waals surface area contributed by atoms with Crippen molar-refractivity contribution in [3.63, 3.8) is 0 Å². The fourth-order valence-electron chi connectivity index (χ4n) is 3.81. The first-order valence-corrected chi connectivity index (χ1v) is 10.9. The van der Waals surface area contributed by atoms with Crippen LogP contribution in [-0.2, 0) is 16.3 Å². The Morgan fingerprint density at radius 3 is 2.52 bits per heavy atom. The van der Waals surface area contributed by atoms with E-state index in [0.717, 1.165) is 12.7 Å². The first-order chi connectivity index (χ1) is 12.7. The van der Waals surface area contributed by atoms with E-state index in [1.807, 2.05) is 17.0 Å². The summed E-state index contributed by atoms with van der Waals surface area (Å²) in [6.45, 7) is 4.81. The van der Waals surface area contributed by atoms with Crippen LogP contribution in [0.1, 0.15) is 41.4 Å². The molecule has 0 aliphatic carbocycles. The van der Waals surface area contributed by atoms with Gasteiger partial charge in [-0.15, -0.1) is 0 Å². The minimum absolute atomic E-state index is 0.0359. The molecule has 5 nitrogen and oxygen atoms in total. The second-order valence-electron chi connectivity index (χ2n) is 7.27. The number of amides is 1. The molecule has 0 fully saturated rings. The Bertz CT molecular complexity index is 966. The van der Waals surface area contributed by atoms with E-state index >= 15 is 0 Å². The third-order valence-electron chi connectivity index (χ3n) is 5.03. The summed E-state index contributed by atoms with van der Waals surface area (Å²) in [5.74, 6) is 0.331. The van der Waals surface area contributed by atoms with E-state index in [1.165, 1.54) is 24.3 Å². The van der Waals surface area contributed by atoms with E-state index in [-0.39, 0.29) is 28.5 Å². The largest absolute Gasteiger partial charge is 0.495 e. The van der Waals surface area contributed by atoms with E-state index < -0.39 is 9.84 Å². The van der Waals surface area contributed by atoms with Gasteiger partial charge in [-0.2, -0.15) is 0 Å². The molecule has 0 N–H and O–H groups in total. The van der Waals surface area contributed by atoms with Crippen LogP contribution in [0, 0.1) is 5.92 Å². The molecule has 3 rings (SSSR count). The Morgan fingerprint density at radius 2 is 1.89 bits per heavy atom. The van der Waals surface area contributed by atoms with E-state index in [2.05, 4.69) is 26.0 Å². The summed E-state index contributed by atoms with van der Waals surface area (Å²) >= 11 is 0. The maximum Gasteiger partial charge on any atom is 0.254 e. The van der Waals surface area contributed by atoms with Crippen LogP contribution in [0.3, 0.4) is 0 Å². The summed E-state index contributed by atoms with van der Waals surface area (Å²) in [7, 11) is -2.09. The van der Waals surface area contributed by atoms with Crippen molar-refractivity contribution in [2.24, 2.45) is 5.92 Å². The number of rotatable bonds is 4. The number of fused-ring (bicyclic) bond motifs is 1. The molecular formula is C21H25NO4S. The zero-order valence-electron chi connectivity index (χ0n) is 16.1. The fourth-order valence-corrected chi connectivity index (χ4v) is 4.67. The van der Waals surface area contributed by atoms with Gasteiger partial charge in [0.2, 0.25) is 0 Å². The van der Waals surface area contributed by atoms with Gasteiger partial charge in [-0.05, 0) is 41.7 Å². The predicted molar refractivity (Wildman–Crippen MR) is 105 cm³/mol. The normalized spacial score (nSPS) is 16.9. The molecule has 0 spiro atoms. The van der Waals surface area contributed by atoms with E-state index in [9.17, 15) is 13.2 Å². The Morgan fingerprint density at radius 1 is 1.19 bits per heavy atom. The highest BCUT2D eigenvalue weighted by Crippen LogP contribution is 2.36. The first-order valence-electron chi connectivity index (χ1n) is 9.01. The van der Waals surface area contributed by atoms with Crippen LogP contribution in [0.4, 0.5) is 0 Å². The Balaban J connectivity index is 2.03. The van der Waals surface area contributed by atoms with E-state index in [1.54, 1.807) is 12.1 Å². The molecule has 0 aromatic heterocycles. The van der Waals surface area contributed by atoms with Gasteiger partial charge in [0.15, 0.2) is 9.84 Å². The van der Waals surface area contributed by atoms with Crippen molar-refractivity contribution in [1.82, 2.24) is 4.90 Å². The summed E-state index contributed by atoms with van der Waals surface area (Å²) in [6, 6.07) is 12.8. The summed E-state index contributed by atoms with van der Waals surface area (Å²) < 4.78 is 29.3. The lowest BCUT2D eigenvalue weighted by molar-refractivity contribution is 0.0603.